The number of benzene rings is 1. The Kier molecular flexibility index (Phi) is 22.4. The van der Waals surface area contributed by atoms with Crippen LogP contribution in [-0.4, -0.2) is 153 Å². The molecule has 1 aliphatic rings. The van der Waals surface area contributed by atoms with Crippen molar-refractivity contribution in [2.24, 2.45) is 33.8 Å². The highest BCUT2D eigenvalue weighted by atomic mass is 16.4. The Labute approximate surface area is 378 Å². The number of likely N-dealkylation sites (tertiary alicyclic amines) is 1. The quantitative estimate of drug-likeness (QED) is 0.0213. The Morgan fingerprint density at radius 1 is 0.712 bits per heavy atom. The van der Waals surface area contributed by atoms with Gasteiger partial charge in [-0.05, 0) is 43.6 Å². The number of nitrogens with one attached hydrogen (secondary N) is 6. The SMILES string of the molecule is CC(C)[C@H](N)C(=O)N[C@@H](CC(N)=O)C(=O)N[C@@H](CCC(=O)O)C(=O)NCC(=O)N[C@@H](CCCN=C(N)N)C(=O)N[C@@H](Cc1ccccc1)C(=O)N[C@@H](CC(=O)O)C(=O)N1CCC[C@H]1C(=O)O. The molecule has 1 heterocycles. The molecule has 0 bridgehead atoms. The molecule has 0 spiro atoms. The first kappa shape index (κ1) is 54.8. The number of hydrogen-bond acceptors (Lipinski definition) is 13. The van der Waals surface area contributed by atoms with E-state index in [1.165, 1.54) is 0 Å². The highest BCUT2D eigenvalue weighted by Gasteiger charge is 2.39. The van der Waals surface area contributed by atoms with Gasteiger partial charge in [0.15, 0.2) is 5.96 Å². The van der Waals surface area contributed by atoms with Gasteiger partial charge in [0.1, 0.15) is 36.3 Å². The number of primary amides is 1. The van der Waals surface area contributed by atoms with Crippen LogP contribution in [0.5, 0.6) is 0 Å². The third-order valence-electron chi connectivity index (χ3n) is 10.1. The fourth-order valence-corrected chi connectivity index (χ4v) is 6.56. The van der Waals surface area contributed by atoms with Gasteiger partial charge in [-0.15, -0.1) is 0 Å². The number of carbonyl (C=O) groups excluding carboxylic acids is 8. The lowest BCUT2D eigenvalue weighted by molar-refractivity contribution is -0.150. The van der Waals surface area contributed by atoms with E-state index in [0.717, 1.165) is 4.90 Å². The van der Waals surface area contributed by atoms with Crippen molar-refractivity contribution < 1.29 is 68.1 Å². The fourth-order valence-electron chi connectivity index (χ4n) is 6.56. The smallest absolute Gasteiger partial charge is 0.326 e. The van der Waals surface area contributed by atoms with Gasteiger partial charge in [-0.3, -0.25) is 52.9 Å². The van der Waals surface area contributed by atoms with Crippen LogP contribution in [0, 0.1) is 5.92 Å². The lowest BCUT2D eigenvalue weighted by Gasteiger charge is -2.28. The van der Waals surface area contributed by atoms with Gasteiger partial charge in [-0.2, -0.15) is 0 Å². The van der Waals surface area contributed by atoms with Crippen molar-refractivity contribution >= 4 is 71.1 Å². The lowest BCUT2D eigenvalue weighted by atomic mass is 10.0. The van der Waals surface area contributed by atoms with E-state index in [0.29, 0.717) is 12.0 Å². The second-order valence-corrected chi connectivity index (χ2v) is 15.7. The van der Waals surface area contributed by atoms with Crippen LogP contribution in [0.4, 0.5) is 0 Å². The van der Waals surface area contributed by atoms with E-state index < -0.39 is 140 Å². The second kappa shape index (κ2) is 27.1. The van der Waals surface area contributed by atoms with Gasteiger partial charge in [0.05, 0.1) is 25.4 Å². The summed E-state index contributed by atoms with van der Waals surface area (Å²) in [6, 6.07) is -2.11. The van der Waals surface area contributed by atoms with E-state index in [-0.39, 0.29) is 50.7 Å². The first-order chi connectivity index (χ1) is 31.0. The topological polar surface area (TPSA) is 440 Å². The van der Waals surface area contributed by atoms with E-state index in [4.69, 9.17) is 22.9 Å². The number of carboxylic acid groups (broad SMARTS) is 3. The molecule has 66 heavy (non-hydrogen) atoms. The number of nitrogens with two attached hydrogens (primary N) is 4. The Balaban J connectivity index is 2.35. The zero-order chi connectivity index (χ0) is 49.7. The molecule has 26 heteroatoms. The first-order valence-electron chi connectivity index (χ1n) is 20.9. The fraction of sp³-hybridized carbons (Fsp3) is 0.550. The molecule has 0 radical (unpaired) electrons. The molecule has 0 unspecified atom stereocenters. The molecule has 1 aromatic rings. The average Bonchev–Trinajstić information content (AvgIpc) is 3.74. The molecule has 0 aromatic heterocycles. The number of aliphatic imine (C=N–C) groups is 1. The van der Waals surface area contributed by atoms with Gasteiger partial charge < -0.3 is 75.1 Å². The molecule has 8 amide bonds. The number of carboxylic acids is 3. The molecule has 1 saturated heterocycles. The zero-order valence-electron chi connectivity index (χ0n) is 36.5. The maximum absolute atomic E-state index is 14.0. The predicted molar refractivity (Wildman–Crippen MR) is 231 cm³/mol. The summed E-state index contributed by atoms with van der Waals surface area (Å²) in [6.07, 6.45) is -2.70. The van der Waals surface area contributed by atoms with Crippen molar-refractivity contribution in [2.75, 3.05) is 19.6 Å². The van der Waals surface area contributed by atoms with Gasteiger partial charge in [0.25, 0.3) is 0 Å². The molecular weight excluding hydrogens is 873 g/mol. The number of nitrogens with zero attached hydrogens (tertiary/aromatic N) is 2. The van der Waals surface area contributed by atoms with Gasteiger partial charge in [-0.25, -0.2) is 4.79 Å². The summed E-state index contributed by atoms with van der Waals surface area (Å²) in [7, 11) is 0. The predicted octanol–water partition coefficient (Wildman–Crippen LogP) is -4.90. The van der Waals surface area contributed by atoms with E-state index >= 15 is 0 Å². The molecule has 1 aliphatic heterocycles. The molecule has 17 N–H and O–H groups in total. The molecule has 0 aliphatic carbocycles. The Morgan fingerprint density at radius 2 is 1.29 bits per heavy atom. The Hall–Kier alpha value is -7.38. The van der Waals surface area contributed by atoms with Gasteiger partial charge >= 0.3 is 17.9 Å². The monoisotopic (exact) mass is 932 g/mol. The number of amides is 8. The summed E-state index contributed by atoms with van der Waals surface area (Å²) >= 11 is 0. The minimum absolute atomic E-state index is 0.00347. The molecular formula is C40H60N12O14. The minimum Gasteiger partial charge on any atom is -0.481 e. The van der Waals surface area contributed by atoms with Crippen molar-refractivity contribution in [3.63, 3.8) is 0 Å². The molecule has 1 aromatic carbocycles. The lowest BCUT2D eigenvalue weighted by Crippen LogP contribution is -2.59. The maximum atomic E-state index is 14.0. The third kappa shape index (κ3) is 19.2. The van der Waals surface area contributed by atoms with Crippen LogP contribution >= 0.6 is 0 Å². The Morgan fingerprint density at radius 3 is 1.86 bits per heavy atom. The number of aliphatic carboxylic acids is 3. The van der Waals surface area contributed by atoms with E-state index in [1.807, 2.05) is 0 Å². The molecule has 7 atom stereocenters. The summed E-state index contributed by atoms with van der Waals surface area (Å²) in [6.45, 7) is 2.37. The highest BCUT2D eigenvalue weighted by molar-refractivity contribution is 5.98. The number of hydrogen-bond donors (Lipinski definition) is 13. The molecule has 2 rings (SSSR count). The van der Waals surface area contributed by atoms with Crippen LogP contribution in [-0.2, 0) is 59.2 Å². The second-order valence-electron chi connectivity index (χ2n) is 15.7. The summed E-state index contributed by atoms with van der Waals surface area (Å²) in [5, 5.41) is 42.6. The van der Waals surface area contributed by atoms with E-state index in [9.17, 15) is 68.1 Å². The maximum Gasteiger partial charge on any atom is 0.326 e. The summed E-state index contributed by atoms with van der Waals surface area (Å²) < 4.78 is 0. The van der Waals surface area contributed by atoms with Crippen molar-refractivity contribution in [2.45, 2.75) is 114 Å². The van der Waals surface area contributed by atoms with E-state index in [2.05, 4.69) is 36.9 Å². The molecule has 1 fully saturated rings. The summed E-state index contributed by atoms with van der Waals surface area (Å²) in [4.78, 5) is 145. The number of rotatable bonds is 28. The Bertz CT molecular complexity index is 1960. The van der Waals surface area contributed by atoms with Gasteiger partial charge in [-0.1, -0.05) is 44.2 Å². The van der Waals surface area contributed by atoms with Gasteiger partial charge in [0, 0.05) is 25.9 Å². The largest absolute Gasteiger partial charge is 0.481 e. The van der Waals surface area contributed by atoms with Crippen LogP contribution < -0.4 is 54.8 Å². The number of carbonyl (C=O) groups is 11. The van der Waals surface area contributed by atoms with Crippen LogP contribution in [0.15, 0.2) is 35.3 Å². The van der Waals surface area contributed by atoms with Gasteiger partial charge in [0.2, 0.25) is 47.3 Å². The number of guanidine groups is 1. The zero-order valence-corrected chi connectivity index (χ0v) is 36.5. The highest BCUT2D eigenvalue weighted by Crippen LogP contribution is 2.19. The normalized spacial score (nSPS) is 15.9. The van der Waals surface area contributed by atoms with Crippen LogP contribution in [0.25, 0.3) is 0 Å². The average molecular weight is 933 g/mol. The van der Waals surface area contributed by atoms with Crippen LogP contribution in [0.3, 0.4) is 0 Å². The first-order valence-corrected chi connectivity index (χ1v) is 20.9. The molecule has 0 saturated carbocycles. The standard InChI is InChI=1S/C40H60N12O14/c1-20(2)32(42)37(63)50-25(17-28(41)53)36(62)48-23(12-13-30(55)56)33(59)46-19-29(54)47-22(10-6-14-45-40(43)44)34(60)49-24(16-21-8-4-3-5-9-21)35(61)51-26(18-31(57)58)38(64)52-15-7-11-27(52)39(65)66/h3-5,8-9,20,22-27,32H,6-7,10-19,42H2,1-2H3,(H2,41,53)(H,46,59)(H,47,54)(H,48,62)(H,49,60)(H,50,63)(H,51,61)(H,55,56)(H,57,58)(H,65,66)(H4,43,44,45)/t22-,23-,24-,25-,26-,27-,32-/m0/s1. The van der Waals surface area contributed by atoms with E-state index in [1.54, 1.807) is 44.2 Å². The van der Waals surface area contributed by atoms with Crippen LogP contribution in [0.1, 0.15) is 70.8 Å². The van der Waals surface area contributed by atoms with Crippen molar-refractivity contribution in [3.8, 4) is 0 Å². The molecule has 364 valence electrons. The third-order valence-corrected chi connectivity index (χ3v) is 10.1. The minimum atomic E-state index is -1.73. The van der Waals surface area contributed by atoms with Crippen molar-refractivity contribution in [3.05, 3.63) is 35.9 Å². The van der Waals surface area contributed by atoms with Crippen molar-refractivity contribution in [1.29, 1.82) is 0 Å². The van der Waals surface area contributed by atoms with Crippen molar-refractivity contribution in [1.82, 2.24) is 36.8 Å². The van der Waals surface area contributed by atoms with Crippen LogP contribution in [0.2, 0.25) is 0 Å². The summed E-state index contributed by atoms with van der Waals surface area (Å²) in [5.41, 5.74) is 22.4. The molecule has 26 nitrogen and oxygen atoms in total. The summed E-state index contributed by atoms with van der Waals surface area (Å²) in [5.74, 6) is -12.8.